The fraction of sp³-hybridized carbons (Fsp3) is 0.400. The summed E-state index contributed by atoms with van der Waals surface area (Å²) in [6.07, 6.45) is 0.142. The van der Waals surface area contributed by atoms with E-state index in [0.29, 0.717) is 36.5 Å². The zero-order valence-electron chi connectivity index (χ0n) is 26.9. The van der Waals surface area contributed by atoms with Gasteiger partial charge in [-0.15, -0.1) is 0 Å². The zero-order chi connectivity index (χ0) is 33.6. The standard InChI is InChI=1S/C35H44F2N4O5/c1-5-13-41(14-6-2)33(43)20-24-9-7-11-27(15-24)34(44)39-31(19-26-16-28(36)21-29(37)17-26)32(42)23-38-22-25-10-8-12-30(18-25)46-35(45)40(3)4/h7-12,15-18,21,31-32,38,42H,5-6,13-14,19-20,22-23H2,1-4H3,(H,39,44)/t31-,32+/m0/s1. The summed E-state index contributed by atoms with van der Waals surface area (Å²) in [5.41, 5.74) is 2.03. The number of rotatable bonds is 16. The number of nitrogens with one attached hydrogen (secondary N) is 2. The first-order valence-corrected chi connectivity index (χ1v) is 15.5. The molecule has 9 nitrogen and oxygen atoms in total. The van der Waals surface area contributed by atoms with E-state index < -0.39 is 35.8 Å². The maximum Gasteiger partial charge on any atom is 0.414 e. The second-order valence-corrected chi connectivity index (χ2v) is 11.4. The molecule has 3 aromatic carbocycles. The summed E-state index contributed by atoms with van der Waals surface area (Å²) in [4.78, 5) is 41.3. The molecule has 0 saturated heterocycles. The minimum absolute atomic E-state index is 0.0184. The van der Waals surface area contributed by atoms with Crippen LogP contribution in [0.4, 0.5) is 13.6 Å². The van der Waals surface area contributed by atoms with Crippen LogP contribution >= 0.6 is 0 Å². The lowest BCUT2D eigenvalue weighted by Gasteiger charge is -2.25. The van der Waals surface area contributed by atoms with E-state index in [2.05, 4.69) is 10.6 Å². The Morgan fingerprint density at radius 3 is 2.17 bits per heavy atom. The van der Waals surface area contributed by atoms with Crippen molar-refractivity contribution >= 4 is 17.9 Å². The van der Waals surface area contributed by atoms with E-state index in [1.807, 2.05) is 24.8 Å². The van der Waals surface area contributed by atoms with Crippen molar-refractivity contribution in [2.24, 2.45) is 0 Å². The van der Waals surface area contributed by atoms with E-state index in [1.54, 1.807) is 56.6 Å². The van der Waals surface area contributed by atoms with E-state index >= 15 is 0 Å². The van der Waals surface area contributed by atoms with Crippen molar-refractivity contribution in [3.8, 4) is 5.75 Å². The molecule has 11 heteroatoms. The first-order valence-electron chi connectivity index (χ1n) is 15.5. The van der Waals surface area contributed by atoms with Gasteiger partial charge in [0.25, 0.3) is 5.91 Å². The molecule has 2 atom stereocenters. The summed E-state index contributed by atoms with van der Waals surface area (Å²) in [6.45, 7) is 5.70. The number of aliphatic hydroxyl groups excluding tert-OH is 1. The number of benzene rings is 3. The molecule has 0 radical (unpaired) electrons. The van der Waals surface area contributed by atoms with Gasteiger partial charge < -0.3 is 30.3 Å². The number of amides is 3. The predicted molar refractivity (Wildman–Crippen MR) is 172 cm³/mol. The molecule has 0 bridgehead atoms. The van der Waals surface area contributed by atoms with Crippen molar-refractivity contribution in [2.45, 2.75) is 58.2 Å². The highest BCUT2D eigenvalue weighted by atomic mass is 19.1. The minimum atomic E-state index is -1.15. The van der Waals surface area contributed by atoms with Gasteiger partial charge in [0.05, 0.1) is 18.6 Å². The summed E-state index contributed by atoms with van der Waals surface area (Å²) < 4.78 is 33.3. The van der Waals surface area contributed by atoms with Crippen LogP contribution in [0.5, 0.6) is 5.75 Å². The predicted octanol–water partition coefficient (Wildman–Crippen LogP) is 4.71. The third-order valence-corrected chi connectivity index (χ3v) is 7.19. The Morgan fingerprint density at radius 1 is 0.870 bits per heavy atom. The first-order chi connectivity index (χ1) is 22.0. The largest absolute Gasteiger partial charge is 0.414 e. The smallest absolute Gasteiger partial charge is 0.410 e. The highest BCUT2D eigenvalue weighted by Gasteiger charge is 2.24. The lowest BCUT2D eigenvalue weighted by Crippen LogP contribution is -2.48. The SMILES string of the molecule is CCCN(CCC)C(=O)Cc1cccc(C(=O)N[C@@H](Cc2cc(F)cc(F)c2)[C@H](O)CNCc2cccc(OC(=O)N(C)C)c2)c1. The monoisotopic (exact) mass is 638 g/mol. The van der Waals surface area contributed by atoms with Gasteiger partial charge in [-0.25, -0.2) is 13.6 Å². The number of carbonyl (C=O) groups is 3. The Morgan fingerprint density at radius 2 is 1.52 bits per heavy atom. The van der Waals surface area contributed by atoms with Crippen LogP contribution in [0.3, 0.4) is 0 Å². The molecule has 0 aliphatic rings. The number of hydrogen-bond donors (Lipinski definition) is 3. The first kappa shape index (κ1) is 36.1. The molecule has 0 aromatic heterocycles. The van der Waals surface area contributed by atoms with Gasteiger partial charge >= 0.3 is 6.09 Å². The average Bonchev–Trinajstić information content (AvgIpc) is 3.00. The highest BCUT2D eigenvalue weighted by Crippen LogP contribution is 2.16. The third kappa shape index (κ3) is 11.5. The van der Waals surface area contributed by atoms with E-state index in [9.17, 15) is 28.3 Å². The molecule has 3 N–H and O–H groups in total. The topological polar surface area (TPSA) is 111 Å². The number of carbonyl (C=O) groups excluding carboxylic acids is 3. The zero-order valence-corrected chi connectivity index (χ0v) is 26.9. The van der Waals surface area contributed by atoms with Crippen LogP contribution in [0.1, 0.15) is 53.7 Å². The Bertz CT molecular complexity index is 1440. The Kier molecular flexibility index (Phi) is 14.1. The van der Waals surface area contributed by atoms with Crippen LogP contribution in [0.2, 0.25) is 0 Å². The summed E-state index contributed by atoms with van der Waals surface area (Å²) in [5.74, 6) is -1.68. The molecule has 0 aliphatic heterocycles. The fourth-order valence-corrected chi connectivity index (χ4v) is 4.95. The number of ether oxygens (including phenoxy) is 1. The van der Waals surface area contributed by atoms with Gasteiger partial charge in [-0.3, -0.25) is 9.59 Å². The number of aliphatic hydroxyl groups is 1. The van der Waals surface area contributed by atoms with Crippen molar-refractivity contribution in [1.29, 1.82) is 0 Å². The van der Waals surface area contributed by atoms with Crippen molar-refractivity contribution < 1.29 is 33.0 Å². The average molecular weight is 639 g/mol. The second-order valence-electron chi connectivity index (χ2n) is 11.4. The van der Waals surface area contributed by atoms with Crippen molar-refractivity contribution in [3.63, 3.8) is 0 Å². The van der Waals surface area contributed by atoms with Crippen LogP contribution in [-0.2, 0) is 24.2 Å². The molecule has 248 valence electrons. The van der Waals surface area contributed by atoms with Crippen LogP contribution in [0.25, 0.3) is 0 Å². The molecule has 0 aliphatic carbocycles. The second kappa shape index (κ2) is 18.0. The van der Waals surface area contributed by atoms with Gasteiger partial charge in [0.15, 0.2) is 0 Å². The molecule has 0 spiro atoms. The fourth-order valence-electron chi connectivity index (χ4n) is 4.95. The van der Waals surface area contributed by atoms with Crippen LogP contribution in [0.15, 0.2) is 66.7 Å². The van der Waals surface area contributed by atoms with Crippen LogP contribution < -0.4 is 15.4 Å². The Balaban J connectivity index is 1.72. The molecule has 3 rings (SSSR count). The van der Waals surface area contributed by atoms with E-state index in [0.717, 1.165) is 36.6 Å². The minimum Gasteiger partial charge on any atom is -0.410 e. The van der Waals surface area contributed by atoms with Crippen LogP contribution in [-0.4, -0.2) is 78.7 Å². The lowest BCUT2D eigenvalue weighted by atomic mass is 9.99. The lowest BCUT2D eigenvalue weighted by molar-refractivity contribution is -0.130. The molecule has 46 heavy (non-hydrogen) atoms. The molecule has 0 fully saturated rings. The maximum absolute atomic E-state index is 14.0. The molecule has 0 heterocycles. The maximum atomic E-state index is 14.0. The van der Waals surface area contributed by atoms with Gasteiger partial charge in [0, 0.05) is 51.9 Å². The van der Waals surface area contributed by atoms with Crippen molar-refractivity contribution in [2.75, 3.05) is 33.7 Å². The molecule has 0 unspecified atom stereocenters. The molecular formula is C35H44F2N4O5. The van der Waals surface area contributed by atoms with E-state index in [4.69, 9.17) is 4.74 Å². The molecule has 0 saturated carbocycles. The summed E-state index contributed by atoms with van der Waals surface area (Å²) >= 11 is 0. The summed E-state index contributed by atoms with van der Waals surface area (Å²) in [6, 6.07) is 15.8. The summed E-state index contributed by atoms with van der Waals surface area (Å²) in [5, 5.41) is 17.1. The number of halogens is 2. The number of nitrogens with zero attached hydrogens (tertiary/aromatic N) is 2. The van der Waals surface area contributed by atoms with E-state index in [-0.39, 0.29) is 30.9 Å². The van der Waals surface area contributed by atoms with Crippen molar-refractivity contribution in [3.05, 3.63) is 101 Å². The van der Waals surface area contributed by atoms with Gasteiger partial charge in [-0.1, -0.05) is 38.1 Å². The highest BCUT2D eigenvalue weighted by molar-refractivity contribution is 5.95. The normalized spacial score (nSPS) is 12.2. The summed E-state index contributed by atoms with van der Waals surface area (Å²) in [7, 11) is 3.16. The van der Waals surface area contributed by atoms with Gasteiger partial charge in [-0.05, 0) is 72.4 Å². The van der Waals surface area contributed by atoms with E-state index in [1.165, 1.54) is 4.90 Å². The Hall–Kier alpha value is -4.35. The van der Waals surface area contributed by atoms with Gasteiger partial charge in [0.1, 0.15) is 17.4 Å². The van der Waals surface area contributed by atoms with Crippen LogP contribution in [0, 0.1) is 11.6 Å². The Labute approximate surface area is 269 Å². The number of hydrogen-bond acceptors (Lipinski definition) is 6. The molecular weight excluding hydrogens is 594 g/mol. The van der Waals surface area contributed by atoms with Gasteiger partial charge in [0.2, 0.25) is 5.91 Å². The quantitative estimate of drug-likeness (QED) is 0.210. The van der Waals surface area contributed by atoms with Crippen molar-refractivity contribution in [1.82, 2.24) is 20.4 Å². The molecule has 3 aromatic rings. The van der Waals surface area contributed by atoms with Gasteiger partial charge in [-0.2, -0.15) is 0 Å². The third-order valence-electron chi connectivity index (χ3n) is 7.19. The molecule has 3 amide bonds.